The van der Waals surface area contributed by atoms with Gasteiger partial charge in [-0.25, -0.2) is 0 Å². The van der Waals surface area contributed by atoms with Gasteiger partial charge in [0, 0.05) is 34.2 Å². The lowest BCUT2D eigenvalue weighted by molar-refractivity contribution is 0.0313. The molecule has 2 atom stereocenters. The summed E-state index contributed by atoms with van der Waals surface area (Å²) in [6.07, 6.45) is 5.14. The van der Waals surface area contributed by atoms with Crippen LogP contribution in [-0.2, 0) is 17.8 Å². The molecular formula is C20H33N3OS. The van der Waals surface area contributed by atoms with Crippen molar-refractivity contribution in [1.82, 2.24) is 14.6 Å². The van der Waals surface area contributed by atoms with Gasteiger partial charge >= 0.3 is 0 Å². The van der Waals surface area contributed by atoms with Crippen LogP contribution in [0.3, 0.4) is 0 Å². The molecule has 1 aromatic heterocycles. The van der Waals surface area contributed by atoms with Crippen LogP contribution in [0.4, 0.5) is 0 Å². The largest absolute Gasteiger partial charge is 0.598 e. The molecule has 1 aliphatic heterocycles. The maximum Gasteiger partial charge on any atom is 0.136 e. The maximum absolute atomic E-state index is 12.8. The molecule has 1 saturated heterocycles. The van der Waals surface area contributed by atoms with Gasteiger partial charge in [-0.15, -0.1) is 4.72 Å². The predicted octanol–water partition coefficient (Wildman–Crippen LogP) is 3.61. The van der Waals surface area contributed by atoms with Crippen LogP contribution in [0.5, 0.6) is 0 Å². The molecular weight excluding hydrogens is 330 g/mol. The topological polar surface area (TPSA) is 51.2 Å². The van der Waals surface area contributed by atoms with Gasteiger partial charge in [0.1, 0.15) is 4.75 Å². The van der Waals surface area contributed by atoms with Gasteiger partial charge < -0.3 is 4.55 Å². The molecule has 1 fully saturated rings. The zero-order valence-electron chi connectivity index (χ0n) is 16.6. The minimum atomic E-state index is -1.08. The van der Waals surface area contributed by atoms with E-state index in [2.05, 4.69) is 41.4 Å². The highest BCUT2D eigenvalue weighted by Gasteiger charge is 2.51. The van der Waals surface area contributed by atoms with Gasteiger partial charge in [0.15, 0.2) is 0 Å². The van der Waals surface area contributed by atoms with Crippen molar-refractivity contribution in [2.75, 3.05) is 13.1 Å². The number of rotatable bonds is 2. The van der Waals surface area contributed by atoms with Crippen LogP contribution in [0.15, 0.2) is 18.3 Å². The van der Waals surface area contributed by atoms with Crippen LogP contribution in [0.25, 0.3) is 0 Å². The minimum Gasteiger partial charge on any atom is -0.598 e. The first-order chi connectivity index (χ1) is 11.5. The Labute approximate surface area is 156 Å². The van der Waals surface area contributed by atoms with Gasteiger partial charge in [-0.3, -0.25) is 9.88 Å². The van der Waals surface area contributed by atoms with E-state index in [1.165, 1.54) is 11.3 Å². The van der Waals surface area contributed by atoms with Crippen molar-refractivity contribution in [3.63, 3.8) is 0 Å². The Bertz CT molecular complexity index is 612. The molecule has 1 spiro atoms. The first-order valence-corrected chi connectivity index (χ1v) is 10.5. The highest BCUT2D eigenvalue weighted by molar-refractivity contribution is 7.90. The van der Waals surface area contributed by atoms with Gasteiger partial charge in [0.05, 0.1) is 6.04 Å². The lowest BCUT2D eigenvalue weighted by Gasteiger charge is -2.47. The molecule has 3 rings (SSSR count). The zero-order valence-corrected chi connectivity index (χ0v) is 17.4. The number of piperidine rings is 1. The fourth-order valence-electron chi connectivity index (χ4n) is 4.19. The molecule has 25 heavy (non-hydrogen) atoms. The molecule has 5 heteroatoms. The van der Waals surface area contributed by atoms with E-state index in [1.54, 1.807) is 0 Å². The standard InChI is InChI=1S/C20H33N3OS/c1-18(2,3)23-12-9-20(10-13-23)14-16-15(8-7-11-21-16)17(20)22-25(24)19(4,5)6/h7-8,11,17,22H,9-10,12-14H2,1-6H3/t17-,25?/m0/s1. The van der Waals surface area contributed by atoms with Crippen molar-refractivity contribution >= 4 is 11.4 Å². The van der Waals surface area contributed by atoms with Crippen LogP contribution in [0, 0.1) is 5.41 Å². The number of fused-ring (bicyclic) bond motifs is 1. The normalized spacial score (nSPS) is 25.2. The molecule has 140 valence electrons. The molecule has 0 aromatic carbocycles. The van der Waals surface area contributed by atoms with Crippen molar-refractivity contribution in [2.24, 2.45) is 5.41 Å². The second kappa shape index (κ2) is 6.52. The lowest BCUT2D eigenvalue weighted by Crippen LogP contribution is -2.53. The summed E-state index contributed by atoms with van der Waals surface area (Å²) in [6, 6.07) is 4.32. The summed E-state index contributed by atoms with van der Waals surface area (Å²) < 4.78 is 16.1. The number of aromatic nitrogens is 1. The third kappa shape index (κ3) is 3.75. The van der Waals surface area contributed by atoms with E-state index in [0.29, 0.717) is 0 Å². The summed E-state index contributed by atoms with van der Waals surface area (Å²) in [6.45, 7) is 15.2. The van der Waals surface area contributed by atoms with Gasteiger partial charge in [-0.1, -0.05) is 6.07 Å². The van der Waals surface area contributed by atoms with E-state index in [4.69, 9.17) is 0 Å². The molecule has 0 saturated carbocycles. The molecule has 1 N–H and O–H groups in total. The minimum absolute atomic E-state index is 0.137. The van der Waals surface area contributed by atoms with E-state index in [1.807, 2.05) is 33.0 Å². The van der Waals surface area contributed by atoms with Crippen LogP contribution in [-0.4, -0.2) is 37.8 Å². The Morgan fingerprint density at radius 2 is 1.84 bits per heavy atom. The van der Waals surface area contributed by atoms with E-state index in [0.717, 1.165) is 32.4 Å². The summed E-state index contributed by atoms with van der Waals surface area (Å²) in [4.78, 5) is 7.22. The van der Waals surface area contributed by atoms with Crippen molar-refractivity contribution < 1.29 is 4.55 Å². The highest BCUT2D eigenvalue weighted by Crippen LogP contribution is 2.52. The third-order valence-corrected chi connectivity index (χ3v) is 7.42. The Kier molecular flexibility index (Phi) is 4.99. The van der Waals surface area contributed by atoms with E-state index in [9.17, 15) is 4.55 Å². The van der Waals surface area contributed by atoms with Gasteiger partial charge in [0.25, 0.3) is 0 Å². The summed E-state index contributed by atoms with van der Waals surface area (Å²) in [7, 11) is 0. The second-order valence-corrected chi connectivity index (χ2v) is 11.7. The summed E-state index contributed by atoms with van der Waals surface area (Å²) in [5.41, 5.74) is 2.79. The van der Waals surface area contributed by atoms with E-state index >= 15 is 0 Å². The Hall–Kier alpha value is -0.620. The number of hydrogen-bond donors (Lipinski definition) is 1. The monoisotopic (exact) mass is 363 g/mol. The maximum atomic E-state index is 12.8. The highest BCUT2D eigenvalue weighted by atomic mass is 32.2. The first-order valence-electron chi connectivity index (χ1n) is 9.40. The van der Waals surface area contributed by atoms with Crippen LogP contribution < -0.4 is 4.72 Å². The molecule has 1 aromatic rings. The van der Waals surface area contributed by atoms with Crippen molar-refractivity contribution in [3.8, 4) is 0 Å². The van der Waals surface area contributed by atoms with Crippen molar-refractivity contribution in [2.45, 2.75) is 77.1 Å². The molecule has 1 aliphatic carbocycles. The molecule has 1 unspecified atom stereocenters. The Morgan fingerprint density at radius 1 is 1.20 bits per heavy atom. The second-order valence-electron chi connectivity index (χ2n) is 9.67. The summed E-state index contributed by atoms with van der Waals surface area (Å²) in [5.74, 6) is 0. The fourth-order valence-corrected chi connectivity index (χ4v) is 5.13. The smallest absolute Gasteiger partial charge is 0.136 e. The Morgan fingerprint density at radius 3 is 2.40 bits per heavy atom. The number of hydrogen-bond acceptors (Lipinski definition) is 4. The van der Waals surface area contributed by atoms with Gasteiger partial charge in [0.2, 0.25) is 0 Å². The van der Waals surface area contributed by atoms with E-state index < -0.39 is 11.4 Å². The van der Waals surface area contributed by atoms with Gasteiger partial charge in [-0.05, 0) is 85.5 Å². The third-order valence-electron chi connectivity index (χ3n) is 5.86. The summed E-state index contributed by atoms with van der Waals surface area (Å²) >= 11 is -1.08. The molecule has 0 bridgehead atoms. The quantitative estimate of drug-likeness (QED) is 0.816. The number of nitrogens with one attached hydrogen (secondary N) is 1. The van der Waals surface area contributed by atoms with Crippen molar-refractivity contribution in [3.05, 3.63) is 29.6 Å². The van der Waals surface area contributed by atoms with Gasteiger partial charge in [-0.2, -0.15) is 0 Å². The molecule has 4 nitrogen and oxygen atoms in total. The molecule has 2 heterocycles. The number of pyridine rings is 1. The lowest BCUT2D eigenvalue weighted by atomic mass is 9.72. The van der Waals surface area contributed by atoms with Crippen LogP contribution in [0.1, 0.15) is 71.7 Å². The SMILES string of the molecule is CC(C)(C)N1CCC2(CC1)Cc1ncccc1[C@@H]2N[S+]([O-])C(C)(C)C. The van der Waals surface area contributed by atoms with Crippen LogP contribution in [0.2, 0.25) is 0 Å². The van der Waals surface area contributed by atoms with Crippen LogP contribution >= 0.6 is 0 Å². The Balaban J connectivity index is 1.86. The molecule has 0 amide bonds. The summed E-state index contributed by atoms with van der Waals surface area (Å²) in [5, 5.41) is 0. The average Bonchev–Trinajstić information content (AvgIpc) is 2.79. The number of likely N-dealkylation sites (tertiary alicyclic amines) is 1. The number of nitrogens with zero attached hydrogens (tertiary/aromatic N) is 2. The molecule has 2 aliphatic rings. The van der Waals surface area contributed by atoms with E-state index in [-0.39, 0.29) is 21.7 Å². The predicted molar refractivity (Wildman–Crippen MR) is 105 cm³/mol. The zero-order chi connectivity index (χ0) is 18.5. The average molecular weight is 364 g/mol. The fraction of sp³-hybridized carbons (Fsp3) is 0.750. The van der Waals surface area contributed by atoms with Crippen molar-refractivity contribution in [1.29, 1.82) is 0 Å². The first kappa shape index (κ1) is 19.2. The molecule has 0 radical (unpaired) electrons.